The van der Waals surface area contributed by atoms with Gasteiger partial charge in [0.2, 0.25) is 0 Å². The smallest absolute Gasteiger partial charge is 0.410 e. The highest BCUT2D eigenvalue weighted by Gasteiger charge is 2.27. The maximum absolute atomic E-state index is 12.1. The lowest BCUT2D eigenvalue weighted by atomic mass is 10.1. The van der Waals surface area contributed by atoms with Crippen LogP contribution in [-0.4, -0.2) is 40.7 Å². The lowest BCUT2D eigenvalue weighted by molar-refractivity contribution is 0.0187. The molecular weight excluding hydrogens is 286 g/mol. The Morgan fingerprint density at radius 2 is 2.33 bits per heavy atom. The molecule has 21 heavy (non-hydrogen) atoms. The van der Waals surface area contributed by atoms with E-state index in [-0.39, 0.29) is 6.09 Å². The van der Waals surface area contributed by atoms with E-state index < -0.39 is 5.60 Å². The number of aryl methyl sites for hydroxylation is 1. The molecule has 2 rings (SSSR count). The van der Waals surface area contributed by atoms with Crippen LogP contribution in [0.25, 0.3) is 0 Å². The van der Waals surface area contributed by atoms with Gasteiger partial charge in [-0.15, -0.1) is 11.3 Å². The average Bonchev–Trinajstić information content (AvgIpc) is 2.80. The third kappa shape index (κ3) is 4.97. The fourth-order valence-electron chi connectivity index (χ4n) is 2.37. The second-order valence-corrected chi connectivity index (χ2v) is 7.45. The van der Waals surface area contributed by atoms with Gasteiger partial charge in [0.1, 0.15) is 5.60 Å². The van der Waals surface area contributed by atoms with Crippen LogP contribution in [0.1, 0.15) is 44.2 Å². The Balaban J connectivity index is 1.83. The molecule has 118 valence electrons. The fraction of sp³-hybridized carbons (Fsp3) is 0.733. The Labute approximate surface area is 130 Å². The van der Waals surface area contributed by atoms with Gasteiger partial charge in [-0.2, -0.15) is 0 Å². The number of thiazole rings is 1. The molecule has 0 saturated carbocycles. The van der Waals surface area contributed by atoms with Crippen LogP contribution in [0.2, 0.25) is 0 Å². The summed E-state index contributed by atoms with van der Waals surface area (Å²) in [5.41, 5.74) is 2.53. The molecule has 1 aliphatic rings. The number of amides is 1. The van der Waals surface area contributed by atoms with E-state index in [1.807, 2.05) is 38.1 Å². The molecule has 0 spiro atoms. The summed E-state index contributed by atoms with van der Waals surface area (Å²) in [5.74, 6) is 0. The number of nitrogens with one attached hydrogen (secondary N) is 1. The van der Waals surface area contributed by atoms with Gasteiger partial charge < -0.3 is 15.0 Å². The lowest BCUT2D eigenvalue weighted by Gasteiger charge is -2.34. The van der Waals surface area contributed by atoms with E-state index in [0.717, 1.165) is 31.6 Å². The van der Waals surface area contributed by atoms with Crippen molar-refractivity contribution in [3.05, 3.63) is 16.1 Å². The van der Waals surface area contributed by atoms with Crippen LogP contribution in [0, 0.1) is 6.92 Å². The second kappa shape index (κ2) is 6.75. The molecule has 0 radical (unpaired) electrons. The van der Waals surface area contributed by atoms with E-state index in [1.54, 1.807) is 11.3 Å². The number of aromatic nitrogens is 1. The molecule has 1 aromatic heterocycles. The van der Waals surface area contributed by atoms with Gasteiger partial charge in [0, 0.05) is 30.6 Å². The molecule has 1 aromatic rings. The van der Waals surface area contributed by atoms with Crippen LogP contribution < -0.4 is 5.32 Å². The first-order valence-corrected chi connectivity index (χ1v) is 8.33. The van der Waals surface area contributed by atoms with Crippen molar-refractivity contribution >= 4 is 17.4 Å². The SMILES string of the molecule is Cc1ncsc1CNC1CCCN(C(=O)OC(C)(C)C)C1. The Morgan fingerprint density at radius 3 is 2.95 bits per heavy atom. The molecular formula is C15H25N3O2S. The minimum atomic E-state index is -0.433. The Morgan fingerprint density at radius 1 is 1.57 bits per heavy atom. The van der Waals surface area contributed by atoms with Gasteiger partial charge >= 0.3 is 6.09 Å². The summed E-state index contributed by atoms with van der Waals surface area (Å²) in [6.07, 6.45) is 1.90. The number of carbonyl (C=O) groups is 1. The molecule has 1 atom stereocenters. The van der Waals surface area contributed by atoms with Crippen molar-refractivity contribution in [2.24, 2.45) is 0 Å². The average molecular weight is 311 g/mol. The maximum atomic E-state index is 12.1. The Kier molecular flexibility index (Phi) is 5.22. The highest BCUT2D eigenvalue weighted by atomic mass is 32.1. The molecule has 1 fully saturated rings. The quantitative estimate of drug-likeness (QED) is 0.932. The summed E-state index contributed by atoms with van der Waals surface area (Å²) in [7, 11) is 0. The molecule has 0 bridgehead atoms. The summed E-state index contributed by atoms with van der Waals surface area (Å²) in [5, 5.41) is 3.53. The first kappa shape index (κ1) is 16.2. The normalized spacial score (nSPS) is 19.6. The lowest BCUT2D eigenvalue weighted by Crippen LogP contribution is -2.49. The zero-order chi connectivity index (χ0) is 15.5. The largest absolute Gasteiger partial charge is 0.444 e. The number of likely N-dealkylation sites (tertiary alicyclic amines) is 1. The van der Waals surface area contributed by atoms with E-state index >= 15 is 0 Å². The van der Waals surface area contributed by atoms with Crippen LogP contribution in [0.3, 0.4) is 0 Å². The molecule has 1 unspecified atom stereocenters. The number of carbonyl (C=O) groups excluding carboxylic acids is 1. The molecule has 2 heterocycles. The standard InChI is InChI=1S/C15H25N3O2S/c1-11-13(21-10-17-11)8-16-12-6-5-7-18(9-12)14(19)20-15(2,3)4/h10,12,16H,5-9H2,1-4H3. The van der Waals surface area contributed by atoms with Gasteiger partial charge in [-0.1, -0.05) is 0 Å². The molecule has 1 N–H and O–H groups in total. The number of hydrogen-bond acceptors (Lipinski definition) is 5. The Bertz CT molecular complexity index is 482. The zero-order valence-corrected chi connectivity index (χ0v) is 14.1. The van der Waals surface area contributed by atoms with Gasteiger partial charge in [-0.25, -0.2) is 9.78 Å². The third-order valence-electron chi connectivity index (χ3n) is 3.47. The summed E-state index contributed by atoms with van der Waals surface area (Å²) in [4.78, 5) is 19.5. The number of hydrogen-bond donors (Lipinski definition) is 1. The van der Waals surface area contributed by atoms with Gasteiger partial charge in [-0.05, 0) is 40.5 Å². The number of piperidine rings is 1. The van der Waals surface area contributed by atoms with Gasteiger partial charge in [0.05, 0.1) is 11.2 Å². The van der Waals surface area contributed by atoms with Crippen molar-refractivity contribution in [1.82, 2.24) is 15.2 Å². The molecule has 6 heteroatoms. The molecule has 1 saturated heterocycles. The van der Waals surface area contributed by atoms with Crippen LogP contribution in [0.4, 0.5) is 4.79 Å². The van der Waals surface area contributed by atoms with E-state index in [1.165, 1.54) is 4.88 Å². The molecule has 5 nitrogen and oxygen atoms in total. The molecule has 0 aliphatic carbocycles. The molecule has 0 aromatic carbocycles. The van der Waals surface area contributed by atoms with Crippen LogP contribution >= 0.6 is 11.3 Å². The number of rotatable bonds is 3. The fourth-order valence-corrected chi connectivity index (χ4v) is 3.10. The molecule has 1 amide bonds. The summed E-state index contributed by atoms with van der Waals surface area (Å²) >= 11 is 1.67. The second-order valence-electron chi connectivity index (χ2n) is 6.51. The van der Waals surface area contributed by atoms with Crippen LogP contribution in [-0.2, 0) is 11.3 Å². The van der Waals surface area contributed by atoms with E-state index in [9.17, 15) is 4.79 Å². The third-order valence-corrected chi connectivity index (χ3v) is 4.40. The molecule has 1 aliphatic heterocycles. The van der Waals surface area contributed by atoms with E-state index in [4.69, 9.17) is 4.74 Å². The van der Waals surface area contributed by atoms with Crippen molar-refractivity contribution in [2.75, 3.05) is 13.1 Å². The van der Waals surface area contributed by atoms with Gasteiger partial charge in [0.25, 0.3) is 0 Å². The Hall–Kier alpha value is -1.14. The minimum Gasteiger partial charge on any atom is -0.444 e. The van der Waals surface area contributed by atoms with Crippen molar-refractivity contribution in [3.8, 4) is 0 Å². The van der Waals surface area contributed by atoms with Crippen molar-refractivity contribution < 1.29 is 9.53 Å². The number of nitrogens with zero attached hydrogens (tertiary/aromatic N) is 2. The zero-order valence-electron chi connectivity index (χ0n) is 13.3. The highest BCUT2D eigenvalue weighted by Crippen LogP contribution is 2.17. The van der Waals surface area contributed by atoms with Gasteiger partial charge in [-0.3, -0.25) is 0 Å². The number of ether oxygens (including phenoxy) is 1. The van der Waals surface area contributed by atoms with Crippen molar-refractivity contribution in [1.29, 1.82) is 0 Å². The topological polar surface area (TPSA) is 54.5 Å². The van der Waals surface area contributed by atoms with E-state index in [0.29, 0.717) is 12.6 Å². The summed E-state index contributed by atoms with van der Waals surface area (Å²) < 4.78 is 5.45. The predicted molar refractivity (Wildman–Crippen MR) is 84.5 cm³/mol. The summed E-state index contributed by atoms with van der Waals surface area (Å²) in [6.45, 7) is 10.1. The predicted octanol–water partition coefficient (Wildman–Crippen LogP) is 2.94. The van der Waals surface area contributed by atoms with Crippen molar-refractivity contribution in [2.45, 2.75) is 58.7 Å². The van der Waals surface area contributed by atoms with Gasteiger partial charge in [0.15, 0.2) is 0 Å². The first-order valence-electron chi connectivity index (χ1n) is 7.45. The first-order chi connectivity index (χ1) is 9.85. The van der Waals surface area contributed by atoms with Crippen molar-refractivity contribution in [3.63, 3.8) is 0 Å². The maximum Gasteiger partial charge on any atom is 0.410 e. The monoisotopic (exact) mass is 311 g/mol. The minimum absolute atomic E-state index is 0.206. The van der Waals surface area contributed by atoms with E-state index in [2.05, 4.69) is 10.3 Å². The van der Waals surface area contributed by atoms with Crippen LogP contribution in [0.5, 0.6) is 0 Å². The van der Waals surface area contributed by atoms with Crippen LogP contribution in [0.15, 0.2) is 5.51 Å². The summed E-state index contributed by atoms with van der Waals surface area (Å²) in [6, 6.07) is 0.327. The highest BCUT2D eigenvalue weighted by molar-refractivity contribution is 7.09.